The standard InChI is InChI=1S/C10H23NO2S/c1-5-7-8-14(12,13)9(3)10(6-2)11-4/h9-11H,5-8H2,1-4H3. The predicted molar refractivity (Wildman–Crippen MR) is 61.3 cm³/mol. The van der Waals surface area contributed by atoms with Crippen LogP contribution in [0, 0.1) is 0 Å². The van der Waals surface area contributed by atoms with Crippen LogP contribution in [0.15, 0.2) is 0 Å². The van der Waals surface area contributed by atoms with Crippen molar-refractivity contribution < 1.29 is 8.42 Å². The zero-order valence-corrected chi connectivity index (χ0v) is 10.5. The molecule has 0 amide bonds. The fourth-order valence-corrected chi connectivity index (χ4v) is 3.44. The van der Waals surface area contributed by atoms with E-state index in [-0.39, 0.29) is 11.3 Å². The van der Waals surface area contributed by atoms with Crippen LogP contribution in [0.5, 0.6) is 0 Å². The van der Waals surface area contributed by atoms with Crippen molar-refractivity contribution in [2.75, 3.05) is 12.8 Å². The molecule has 1 N–H and O–H groups in total. The maximum atomic E-state index is 11.8. The molecule has 0 aliphatic carbocycles. The van der Waals surface area contributed by atoms with Crippen molar-refractivity contribution in [1.29, 1.82) is 0 Å². The van der Waals surface area contributed by atoms with Gasteiger partial charge in [0.1, 0.15) is 0 Å². The van der Waals surface area contributed by atoms with Gasteiger partial charge in [-0.3, -0.25) is 0 Å². The number of sulfone groups is 1. The van der Waals surface area contributed by atoms with Crippen LogP contribution in [0.4, 0.5) is 0 Å². The van der Waals surface area contributed by atoms with Gasteiger partial charge in [-0.25, -0.2) is 8.42 Å². The molecule has 0 rings (SSSR count). The molecule has 0 saturated carbocycles. The van der Waals surface area contributed by atoms with E-state index in [9.17, 15) is 8.42 Å². The minimum atomic E-state index is -2.91. The lowest BCUT2D eigenvalue weighted by molar-refractivity contribution is 0.504. The Kier molecular flexibility index (Phi) is 6.36. The third-order valence-corrected chi connectivity index (χ3v) is 5.05. The Labute approximate surface area is 88.2 Å². The van der Waals surface area contributed by atoms with Crippen LogP contribution in [0.3, 0.4) is 0 Å². The summed E-state index contributed by atoms with van der Waals surface area (Å²) in [5, 5.41) is 2.78. The molecule has 0 radical (unpaired) electrons. The Morgan fingerprint density at radius 3 is 2.21 bits per heavy atom. The first-order chi connectivity index (χ1) is 6.49. The van der Waals surface area contributed by atoms with Crippen LogP contribution in [0.25, 0.3) is 0 Å². The van der Waals surface area contributed by atoms with Gasteiger partial charge in [-0.1, -0.05) is 20.3 Å². The summed E-state index contributed by atoms with van der Waals surface area (Å²) in [4.78, 5) is 0. The van der Waals surface area contributed by atoms with E-state index in [1.165, 1.54) is 0 Å². The summed E-state index contributed by atoms with van der Waals surface area (Å²) in [5.41, 5.74) is 0. The minimum Gasteiger partial charge on any atom is -0.316 e. The molecule has 0 aromatic carbocycles. The van der Waals surface area contributed by atoms with Crippen LogP contribution in [0.2, 0.25) is 0 Å². The van der Waals surface area contributed by atoms with E-state index < -0.39 is 9.84 Å². The van der Waals surface area contributed by atoms with Crippen molar-refractivity contribution in [2.24, 2.45) is 0 Å². The second-order valence-corrected chi connectivity index (χ2v) is 6.21. The highest BCUT2D eigenvalue weighted by atomic mass is 32.2. The van der Waals surface area contributed by atoms with E-state index >= 15 is 0 Å². The average molecular weight is 221 g/mol. The Hall–Kier alpha value is -0.0900. The lowest BCUT2D eigenvalue weighted by Gasteiger charge is -2.22. The van der Waals surface area contributed by atoms with Crippen LogP contribution in [-0.2, 0) is 9.84 Å². The zero-order chi connectivity index (χ0) is 11.2. The molecule has 0 bridgehead atoms. The second kappa shape index (κ2) is 6.40. The van der Waals surface area contributed by atoms with Crippen LogP contribution >= 0.6 is 0 Å². The molecule has 0 heterocycles. The summed E-state index contributed by atoms with van der Waals surface area (Å²) < 4.78 is 23.6. The molecule has 2 unspecified atom stereocenters. The van der Waals surface area contributed by atoms with Crippen LogP contribution < -0.4 is 5.32 Å². The summed E-state index contributed by atoms with van der Waals surface area (Å²) in [7, 11) is -1.09. The monoisotopic (exact) mass is 221 g/mol. The SMILES string of the molecule is CCCCS(=O)(=O)C(C)C(CC)NC. The molecule has 0 aromatic heterocycles. The fourth-order valence-electron chi connectivity index (χ4n) is 1.55. The molecule has 0 spiro atoms. The van der Waals surface area contributed by atoms with Gasteiger partial charge in [-0.2, -0.15) is 0 Å². The summed E-state index contributed by atoms with van der Waals surface area (Å²) in [5.74, 6) is 0.322. The van der Waals surface area contributed by atoms with E-state index in [0.29, 0.717) is 5.75 Å². The number of rotatable bonds is 7. The Balaban J connectivity index is 4.40. The van der Waals surface area contributed by atoms with Crippen molar-refractivity contribution >= 4 is 9.84 Å². The van der Waals surface area contributed by atoms with Gasteiger partial charge in [0.2, 0.25) is 0 Å². The van der Waals surface area contributed by atoms with Gasteiger partial charge < -0.3 is 5.32 Å². The molecule has 0 aromatic rings. The van der Waals surface area contributed by atoms with Crippen molar-refractivity contribution in [3.8, 4) is 0 Å². The first-order valence-corrected chi connectivity index (χ1v) is 7.09. The summed E-state index contributed by atoms with van der Waals surface area (Å²) in [6, 6.07) is 0.0804. The van der Waals surface area contributed by atoms with Gasteiger partial charge >= 0.3 is 0 Å². The predicted octanol–water partition coefficient (Wildman–Crippen LogP) is 1.59. The highest BCUT2D eigenvalue weighted by Crippen LogP contribution is 2.11. The first-order valence-electron chi connectivity index (χ1n) is 5.38. The average Bonchev–Trinajstić information content (AvgIpc) is 2.16. The minimum absolute atomic E-state index is 0.0804. The molecule has 0 aliphatic heterocycles. The number of hydrogen-bond acceptors (Lipinski definition) is 3. The van der Waals surface area contributed by atoms with Crippen molar-refractivity contribution in [1.82, 2.24) is 5.32 Å². The van der Waals surface area contributed by atoms with Crippen LogP contribution in [-0.4, -0.2) is 32.5 Å². The van der Waals surface area contributed by atoms with Gasteiger partial charge in [0, 0.05) is 6.04 Å². The summed E-state index contributed by atoms with van der Waals surface area (Å²) in [6.45, 7) is 5.82. The van der Waals surface area contributed by atoms with E-state index in [1.807, 2.05) is 20.9 Å². The molecule has 4 heteroatoms. The van der Waals surface area contributed by atoms with Gasteiger partial charge in [0.05, 0.1) is 11.0 Å². The largest absolute Gasteiger partial charge is 0.316 e. The van der Waals surface area contributed by atoms with Crippen molar-refractivity contribution in [3.05, 3.63) is 0 Å². The molecule has 0 saturated heterocycles. The first kappa shape index (κ1) is 13.9. The van der Waals surface area contributed by atoms with E-state index in [1.54, 1.807) is 6.92 Å². The maximum Gasteiger partial charge on any atom is 0.154 e. The van der Waals surface area contributed by atoms with Gasteiger partial charge in [0.25, 0.3) is 0 Å². The molecule has 86 valence electrons. The summed E-state index contributed by atoms with van der Waals surface area (Å²) >= 11 is 0. The molecular weight excluding hydrogens is 198 g/mol. The molecule has 3 nitrogen and oxygen atoms in total. The molecule has 0 fully saturated rings. The van der Waals surface area contributed by atoms with Crippen molar-refractivity contribution in [2.45, 2.75) is 51.3 Å². The Morgan fingerprint density at radius 2 is 1.86 bits per heavy atom. The zero-order valence-electron chi connectivity index (χ0n) is 9.71. The Bertz CT molecular complexity index is 233. The summed E-state index contributed by atoms with van der Waals surface area (Å²) in [6.07, 6.45) is 2.55. The van der Waals surface area contributed by atoms with Crippen molar-refractivity contribution in [3.63, 3.8) is 0 Å². The number of nitrogens with one attached hydrogen (secondary N) is 1. The van der Waals surface area contributed by atoms with Gasteiger partial charge in [-0.15, -0.1) is 0 Å². The second-order valence-electron chi connectivity index (χ2n) is 3.73. The molecule has 2 atom stereocenters. The third-order valence-electron chi connectivity index (χ3n) is 2.73. The maximum absolute atomic E-state index is 11.8. The molecule has 0 aliphatic rings. The van der Waals surface area contributed by atoms with Gasteiger partial charge in [0.15, 0.2) is 9.84 Å². The normalized spacial score (nSPS) is 16.6. The van der Waals surface area contributed by atoms with E-state index in [4.69, 9.17) is 0 Å². The van der Waals surface area contributed by atoms with E-state index in [2.05, 4.69) is 5.32 Å². The highest BCUT2D eigenvalue weighted by molar-refractivity contribution is 7.92. The lowest BCUT2D eigenvalue weighted by atomic mass is 10.2. The molecule has 14 heavy (non-hydrogen) atoms. The van der Waals surface area contributed by atoms with E-state index in [0.717, 1.165) is 19.3 Å². The number of hydrogen-bond donors (Lipinski definition) is 1. The fraction of sp³-hybridized carbons (Fsp3) is 1.00. The topological polar surface area (TPSA) is 46.2 Å². The smallest absolute Gasteiger partial charge is 0.154 e. The lowest BCUT2D eigenvalue weighted by Crippen LogP contribution is -2.41. The number of unbranched alkanes of at least 4 members (excludes halogenated alkanes) is 1. The van der Waals surface area contributed by atoms with Crippen LogP contribution in [0.1, 0.15) is 40.0 Å². The third kappa shape index (κ3) is 3.96. The highest BCUT2D eigenvalue weighted by Gasteiger charge is 2.26. The van der Waals surface area contributed by atoms with Gasteiger partial charge in [-0.05, 0) is 26.8 Å². The Morgan fingerprint density at radius 1 is 1.29 bits per heavy atom. The quantitative estimate of drug-likeness (QED) is 0.710. The molecular formula is C10H23NO2S.